The molecule has 4 heteroatoms. The Morgan fingerprint density at radius 1 is 1.32 bits per heavy atom. The molecule has 0 unspecified atom stereocenters. The van der Waals surface area contributed by atoms with E-state index in [1.54, 1.807) is 17.5 Å². The number of aryl methyl sites for hydroxylation is 1. The molecule has 2 aromatic heterocycles. The second kappa shape index (κ2) is 4.79. The summed E-state index contributed by atoms with van der Waals surface area (Å²) in [5, 5.41) is 9.25. The summed E-state index contributed by atoms with van der Waals surface area (Å²) in [5.74, 6) is 0. The van der Waals surface area contributed by atoms with E-state index < -0.39 is 0 Å². The van der Waals surface area contributed by atoms with Crippen molar-refractivity contribution in [3.8, 4) is 0 Å². The number of rotatable bonds is 3. The van der Waals surface area contributed by atoms with Gasteiger partial charge in [0.25, 0.3) is 0 Å². The smallest absolute Gasteiger partial charge is 0.194 e. The van der Waals surface area contributed by atoms with E-state index >= 15 is 0 Å². The van der Waals surface area contributed by atoms with Gasteiger partial charge >= 0.3 is 0 Å². The summed E-state index contributed by atoms with van der Waals surface area (Å²) in [6.45, 7) is 4.34. The first kappa shape index (κ1) is 12.4. The number of nitrogens with zero attached hydrogens (tertiary/aromatic N) is 2. The normalized spacial score (nSPS) is 11.3. The van der Waals surface area contributed by atoms with Gasteiger partial charge in [-0.2, -0.15) is 0 Å². The first-order valence-corrected chi connectivity index (χ1v) is 7.11. The number of thiazole rings is 1. The van der Waals surface area contributed by atoms with Crippen molar-refractivity contribution in [1.82, 2.24) is 9.38 Å². The first-order valence-electron chi connectivity index (χ1n) is 6.29. The van der Waals surface area contributed by atoms with Gasteiger partial charge in [0.2, 0.25) is 0 Å². The molecule has 0 radical (unpaired) electrons. The van der Waals surface area contributed by atoms with Crippen molar-refractivity contribution >= 4 is 16.3 Å². The van der Waals surface area contributed by atoms with Crippen molar-refractivity contribution in [2.24, 2.45) is 0 Å². The molecule has 3 rings (SSSR count). The summed E-state index contributed by atoms with van der Waals surface area (Å²) >= 11 is 1.68. The summed E-state index contributed by atoms with van der Waals surface area (Å²) in [5.41, 5.74) is 4.89. The fourth-order valence-corrected chi connectivity index (χ4v) is 3.26. The van der Waals surface area contributed by atoms with Crippen LogP contribution in [-0.2, 0) is 13.0 Å². The van der Waals surface area contributed by atoms with E-state index in [0.29, 0.717) is 0 Å². The van der Waals surface area contributed by atoms with Gasteiger partial charge in [-0.25, -0.2) is 4.98 Å². The van der Waals surface area contributed by atoms with Crippen LogP contribution in [0.5, 0.6) is 0 Å². The van der Waals surface area contributed by atoms with E-state index in [-0.39, 0.29) is 6.61 Å². The van der Waals surface area contributed by atoms with Crippen molar-refractivity contribution in [2.75, 3.05) is 0 Å². The fraction of sp³-hybridized carbons (Fsp3) is 0.267. The van der Waals surface area contributed by atoms with E-state index in [0.717, 1.165) is 17.1 Å². The summed E-state index contributed by atoms with van der Waals surface area (Å²) < 4.78 is 1.98. The lowest BCUT2D eigenvalue weighted by Crippen LogP contribution is -1.93. The molecule has 0 spiro atoms. The SMILES string of the molecule is Cc1cccc(Cc2cn3c(CO)cnc3s2)c1C. The summed E-state index contributed by atoms with van der Waals surface area (Å²) in [6, 6.07) is 6.43. The molecule has 0 aliphatic carbocycles. The molecule has 0 saturated heterocycles. The highest BCUT2D eigenvalue weighted by Gasteiger charge is 2.09. The Bertz CT molecular complexity index is 727. The molecule has 0 atom stereocenters. The van der Waals surface area contributed by atoms with Crippen LogP contribution >= 0.6 is 11.3 Å². The second-order valence-electron chi connectivity index (χ2n) is 4.79. The minimum absolute atomic E-state index is 0.0286. The first-order chi connectivity index (χ1) is 9.19. The number of imidazole rings is 1. The highest BCUT2D eigenvalue weighted by Crippen LogP contribution is 2.23. The average Bonchev–Trinajstić information content (AvgIpc) is 2.94. The van der Waals surface area contributed by atoms with E-state index in [9.17, 15) is 5.11 Å². The summed E-state index contributed by atoms with van der Waals surface area (Å²) in [6.07, 6.45) is 4.74. The zero-order valence-electron chi connectivity index (χ0n) is 11.1. The molecule has 0 bridgehead atoms. The zero-order valence-corrected chi connectivity index (χ0v) is 11.9. The predicted molar refractivity (Wildman–Crippen MR) is 77.7 cm³/mol. The summed E-state index contributed by atoms with van der Waals surface area (Å²) in [7, 11) is 0. The Hall–Kier alpha value is -1.65. The van der Waals surface area contributed by atoms with Gasteiger partial charge in [0.15, 0.2) is 4.96 Å². The van der Waals surface area contributed by atoms with Gasteiger partial charge in [0.1, 0.15) is 0 Å². The Morgan fingerprint density at radius 3 is 2.95 bits per heavy atom. The molecule has 3 nitrogen and oxygen atoms in total. The number of aromatic nitrogens is 2. The summed E-state index contributed by atoms with van der Waals surface area (Å²) in [4.78, 5) is 6.53. The number of hydrogen-bond donors (Lipinski definition) is 1. The minimum Gasteiger partial charge on any atom is -0.390 e. The molecule has 98 valence electrons. The van der Waals surface area contributed by atoms with Gasteiger partial charge in [-0.05, 0) is 30.5 Å². The maximum absolute atomic E-state index is 9.25. The molecule has 19 heavy (non-hydrogen) atoms. The third-order valence-corrected chi connectivity index (χ3v) is 4.58. The topological polar surface area (TPSA) is 37.5 Å². The van der Waals surface area contributed by atoms with Gasteiger partial charge in [-0.1, -0.05) is 18.2 Å². The van der Waals surface area contributed by atoms with Crippen LogP contribution in [0.4, 0.5) is 0 Å². The monoisotopic (exact) mass is 272 g/mol. The van der Waals surface area contributed by atoms with E-state index in [1.807, 2.05) is 4.40 Å². The molecule has 0 saturated carbocycles. The standard InChI is InChI=1S/C15H16N2OS/c1-10-4-3-5-12(11(10)2)6-14-8-17-13(9-18)7-16-15(17)19-14/h3-5,7-8,18H,6,9H2,1-2H3. The Labute approximate surface area is 116 Å². The highest BCUT2D eigenvalue weighted by molar-refractivity contribution is 7.17. The van der Waals surface area contributed by atoms with E-state index in [2.05, 4.69) is 43.2 Å². The number of benzene rings is 1. The number of aliphatic hydroxyl groups is 1. The zero-order chi connectivity index (χ0) is 13.4. The number of hydrogen-bond acceptors (Lipinski definition) is 3. The molecule has 0 aliphatic heterocycles. The van der Waals surface area contributed by atoms with Crippen molar-refractivity contribution in [1.29, 1.82) is 0 Å². The Morgan fingerprint density at radius 2 is 2.16 bits per heavy atom. The van der Waals surface area contributed by atoms with Crippen LogP contribution in [0.1, 0.15) is 27.3 Å². The predicted octanol–water partition coefficient (Wildman–Crippen LogP) is 3.10. The van der Waals surface area contributed by atoms with E-state index in [1.165, 1.54) is 21.6 Å². The van der Waals surface area contributed by atoms with Gasteiger partial charge in [0.05, 0.1) is 18.5 Å². The molecule has 3 aromatic rings. The lowest BCUT2D eigenvalue weighted by molar-refractivity contribution is 0.276. The molecule has 2 heterocycles. The highest BCUT2D eigenvalue weighted by atomic mass is 32.1. The second-order valence-corrected chi connectivity index (χ2v) is 5.89. The number of fused-ring (bicyclic) bond motifs is 1. The van der Waals surface area contributed by atoms with Gasteiger partial charge in [-0.3, -0.25) is 4.40 Å². The van der Waals surface area contributed by atoms with Crippen LogP contribution in [0.15, 0.2) is 30.6 Å². The van der Waals surface area contributed by atoms with Crippen LogP contribution in [0.25, 0.3) is 4.96 Å². The molecule has 0 aliphatic rings. The molecule has 0 amide bonds. The van der Waals surface area contributed by atoms with Crippen LogP contribution in [0, 0.1) is 13.8 Å². The number of aliphatic hydroxyl groups excluding tert-OH is 1. The van der Waals surface area contributed by atoms with Crippen LogP contribution < -0.4 is 0 Å². The van der Waals surface area contributed by atoms with Crippen molar-refractivity contribution in [3.63, 3.8) is 0 Å². The van der Waals surface area contributed by atoms with Gasteiger partial charge in [-0.15, -0.1) is 11.3 Å². The average molecular weight is 272 g/mol. The van der Waals surface area contributed by atoms with Gasteiger partial charge < -0.3 is 5.11 Å². The maximum atomic E-state index is 9.25. The van der Waals surface area contributed by atoms with Crippen molar-refractivity contribution in [3.05, 3.63) is 57.9 Å². The minimum atomic E-state index is 0.0286. The fourth-order valence-electron chi connectivity index (χ4n) is 2.27. The Balaban J connectivity index is 1.97. The molecule has 1 aromatic carbocycles. The third-order valence-electron chi connectivity index (χ3n) is 3.58. The molecular weight excluding hydrogens is 256 g/mol. The molecular formula is C15H16N2OS. The lowest BCUT2D eigenvalue weighted by Gasteiger charge is -2.06. The quantitative estimate of drug-likeness (QED) is 0.795. The van der Waals surface area contributed by atoms with Crippen molar-refractivity contribution in [2.45, 2.75) is 26.9 Å². The van der Waals surface area contributed by atoms with Gasteiger partial charge in [0, 0.05) is 17.5 Å². The maximum Gasteiger partial charge on any atom is 0.194 e. The Kier molecular flexibility index (Phi) is 3.12. The third kappa shape index (κ3) is 2.17. The van der Waals surface area contributed by atoms with E-state index in [4.69, 9.17) is 0 Å². The van der Waals surface area contributed by atoms with Crippen LogP contribution in [-0.4, -0.2) is 14.5 Å². The van der Waals surface area contributed by atoms with Crippen LogP contribution in [0.3, 0.4) is 0 Å². The lowest BCUT2D eigenvalue weighted by atomic mass is 10.0. The van der Waals surface area contributed by atoms with Crippen molar-refractivity contribution < 1.29 is 5.11 Å². The van der Waals surface area contributed by atoms with Crippen LogP contribution in [0.2, 0.25) is 0 Å². The molecule has 0 fully saturated rings. The molecule has 1 N–H and O–H groups in total. The largest absolute Gasteiger partial charge is 0.390 e.